The number of hydrogen-bond donors (Lipinski definition) is 0. The van der Waals surface area contributed by atoms with Crippen LogP contribution in [0.25, 0.3) is 16.5 Å². The van der Waals surface area contributed by atoms with Crippen molar-refractivity contribution in [3.05, 3.63) is 110 Å². The molecule has 0 spiro atoms. The molecule has 1 aliphatic heterocycles. The molecular formula is C32H29IN2O2S. The van der Waals surface area contributed by atoms with E-state index in [1.54, 1.807) is 17.4 Å². The zero-order valence-electron chi connectivity index (χ0n) is 21.8. The van der Waals surface area contributed by atoms with E-state index in [-0.39, 0.29) is 17.4 Å². The highest BCUT2D eigenvalue weighted by molar-refractivity contribution is 14.1. The van der Waals surface area contributed by atoms with Gasteiger partial charge in [0.15, 0.2) is 0 Å². The minimum Gasteiger partial charge on any atom is -0.267 e. The number of amides is 2. The standard InChI is InChI=1S/C32H29IN2O2S/c1-20(2)26-17-22(18-27(21(3)4)30(26)33)29-16-15-25(38-29)19-28-31(36)34(23-11-7-5-8-12-23)35(32(28)37)24-13-9-6-10-14-24/h5-21H,1-4H3. The van der Waals surface area contributed by atoms with Gasteiger partial charge in [0.05, 0.1) is 11.4 Å². The normalized spacial score (nSPS) is 13.8. The molecular weight excluding hydrogens is 603 g/mol. The smallest absolute Gasteiger partial charge is 0.267 e. The SMILES string of the molecule is CC(C)c1cc(-c2ccc(C=C3C(=O)N(c4ccccc4)N(c4ccccc4)C3=O)s2)cc(C(C)C)c1I. The lowest BCUT2D eigenvalue weighted by Crippen LogP contribution is -2.41. The van der Waals surface area contributed by atoms with Crippen LogP contribution in [-0.4, -0.2) is 11.8 Å². The number of para-hydroxylation sites is 2. The van der Waals surface area contributed by atoms with E-state index in [1.807, 2.05) is 66.7 Å². The van der Waals surface area contributed by atoms with Gasteiger partial charge in [0.25, 0.3) is 11.8 Å². The van der Waals surface area contributed by atoms with E-state index in [0.717, 1.165) is 9.75 Å². The molecule has 0 atom stereocenters. The van der Waals surface area contributed by atoms with Crippen molar-refractivity contribution < 1.29 is 9.59 Å². The topological polar surface area (TPSA) is 40.6 Å². The second kappa shape index (κ2) is 10.9. The van der Waals surface area contributed by atoms with Crippen molar-refractivity contribution in [1.29, 1.82) is 0 Å². The average Bonchev–Trinajstić information content (AvgIpc) is 3.48. The lowest BCUT2D eigenvalue weighted by molar-refractivity contribution is -0.116. The highest BCUT2D eigenvalue weighted by Crippen LogP contribution is 2.38. The number of carbonyl (C=O) groups excluding carboxylic acids is 2. The molecule has 38 heavy (non-hydrogen) atoms. The third-order valence-electron chi connectivity index (χ3n) is 6.62. The van der Waals surface area contributed by atoms with Gasteiger partial charge in [0, 0.05) is 13.3 Å². The predicted molar refractivity (Wildman–Crippen MR) is 166 cm³/mol. The Morgan fingerprint density at radius 3 is 1.63 bits per heavy atom. The van der Waals surface area contributed by atoms with Crippen molar-refractivity contribution in [2.24, 2.45) is 0 Å². The summed E-state index contributed by atoms with van der Waals surface area (Å²) in [4.78, 5) is 29.3. The Labute approximate surface area is 241 Å². The second-order valence-electron chi connectivity index (χ2n) is 9.94. The summed E-state index contributed by atoms with van der Waals surface area (Å²) in [6.45, 7) is 8.90. The van der Waals surface area contributed by atoms with Gasteiger partial charge in [-0.15, -0.1) is 11.3 Å². The summed E-state index contributed by atoms with van der Waals surface area (Å²) in [6.07, 6.45) is 1.73. The quantitative estimate of drug-likeness (QED) is 0.121. The van der Waals surface area contributed by atoms with E-state index in [1.165, 1.54) is 30.3 Å². The number of carbonyl (C=O) groups is 2. The molecule has 0 aliphatic carbocycles. The maximum Gasteiger partial charge on any atom is 0.283 e. The Morgan fingerprint density at radius 2 is 1.18 bits per heavy atom. The number of anilines is 2. The first-order chi connectivity index (χ1) is 18.3. The molecule has 4 nitrogen and oxygen atoms in total. The minimum atomic E-state index is -0.335. The summed E-state index contributed by atoms with van der Waals surface area (Å²) in [5.74, 6) is 0.169. The van der Waals surface area contributed by atoms with Crippen LogP contribution in [0.2, 0.25) is 0 Å². The van der Waals surface area contributed by atoms with Crippen molar-refractivity contribution in [3.8, 4) is 10.4 Å². The molecule has 6 heteroatoms. The van der Waals surface area contributed by atoms with Gasteiger partial charge in [-0.3, -0.25) is 9.59 Å². The molecule has 0 unspecified atom stereocenters. The predicted octanol–water partition coefficient (Wildman–Crippen LogP) is 8.64. The van der Waals surface area contributed by atoms with Crippen molar-refractivity contribution in [3.63, 3.8) is 0 Å². The third-order valence-corrected chi connectivity index (χ3v) is 8.94. The number of hydrazine groups is 1. The number of benzene rings is 3. The first-order valence-corrected chi connectivity index (χ1v) is 14.6. The lowest BCUT2D eigenvalue weighted by atomic mass is 9.93. The monoisotopic (exact) mass is 632 g/mol. The van der Waals surface area contributed by atoms with Gasteiger partial charge in [-0.2, -0.15) is 0 Å². The van der Waals surface area contributed by atoms with E-state index >= 15 is 0 Å². The van der Waals surface area contributed by atoms with Gasteiger partial charge >= 0.3 is 0 Å². The fourth-order valence-electron chi connectivity index (χ4n) is 4.61. The van der Waals surface area contributed by atoms with Gasteiger partial charge < -0.3 is 0 Å². The first kappa shape index (κ1) is 26.4. The number of nitrogens with zero attached hydrogens (tertiary/aromatic N) is 2. The molecule has 4 aromatic rings. The van der Waals surface area contributed by atoms with Crippen LogP contribution in [0, 0.1) is 3.57 Å². The highest BCUT2D eigenvalue weighted by atomic mass is 127. The summed E-state index contributed by atoms with van der Waals surface area (Å²) in [7, 11) is 0. The van der Waals surface area contributed by atoms with Crippen LogP contribution < -0.4 is 10.0 Å². The largest absolute Gasteiger partial charge is 0.283 e. The summed E-state index contributed by atoms with van der Waals surface area (Å²) in [5.41, 5.74) is 5.31. The molecule has 1 aliphatic rings. The Hall–Kier alpha value is -3.23. The average molecular weight is 633 g/mol. The van der Waals surface area contributed by atoms with Gasteiger partial charge in [-0.25, -0.2) is 10.0 Å². The number of hydrogen-bond acceptors (Lipinski definition) is 3. The lowest BCUT2D eigenvalue weighted by Gasteiger charge is -2.27. The molecule has 1 fully saturated rings. The van der Waals surface area contributed by atoms with Gasteiger partial charge in [0.1, 0.15) is 5.57 Å². The summed E-state index contributed by atoms with van der Waals surface area (Å²) < 4.78 is 1.33. The Balaban J connectivity index is 1.55. The molecule has 0 radical (unpaired) electrons. The van der Waals surface area contributed by atoms with E-state index in [2.05, 4.69) is 68.5 Å². The summed E-state index contributed by atoms with van der Waals surface area (Å²) >= 11 is 4.07. The van der Waals surface area contributed by atoms with Crippen LogP contribution in [0.3, 0.4) is 0 Å². The van der Waals surface area contributed by atoms with E-state index < -0.39 is 0 Å². The minimum absolute atomic E-state index is 0.152. The zero-order valence-corrected chi connectivity index (χ0v) is 24.8. The molecule has 1 saturated heterocycles. The van der Waals surface area contributed by atoms with Crippen molar-refractivity contribution in [1.82, 2.24) is 0 Å². The fraction of sp³-hybridized carbons (Fsp3) is 0.188. The maximum atomic E-state index is 13.7. The van der Waals surface area contributed by atoms with Crippen LogP contribution in [0.15, 0.2) is 90.5 Å². The molecule has 3 aromatic carbocycles. The molecule has 1 aromatic heterocycles. The zero-order chi connectivity index (χ0) is 27.0. The Bertz CT molecular complexity index is 1440. The van der Waals surface area contributed by atoms with Crippen molar-refractivity contribution in [2.75, 3.05) is 10.0 Å². The molecule has 2 amide bonds. The summed E-state index contributed by atoms with van der Waals surface area (Å²) in [6, 6.07) is 27.2. The Morgan fingerprint density at radius 1 is 0.711 bits per heavy atom. The van der Waals surface area contributed by atoms with Crippen LogP contribution in [0.5, 0.6) is 0 Å². The van der Waals surface area contributed by atoms with Crippen molar-refractivity contribution >= 4 is 63.2 Å². The molecule has 5 rings (SSSR count). The van der Waals surface area contributed by atoms with E-state index in [9.17, 15) is 9.59 Å². The van der Waals surface area contributed by atoms with Crippen LogP contribution in [0.1, 0.15) is 55.5 Å². The number of thiophene rings is 1. The van der Waals surface area contributed by atoms with Crippen LogP contribution in [-0.2, 0) is 9.59 Å². The maximum absolute atomic E-state index is 13.7. The molecule has 0 bridgehead atoms. The van der Waals surface area contributed by atoms with Crippen molar-refractivity contribution in [2.45, 2.75) is 39.5 Å². The van der Waals surface area contributed by atoms with E-state index in [0.29, 0.717) is 23.2 Å². The molecule has 2 heterocycles. The van der Waals surface area contributed by atoms with Gasteiger partial charge in [-0.05, 0) is 106 Å². The molecule has 0 N–H and O–H groups in total. The number of halogens is 1. The second-order valence-corrected chi connectivity index (χ2v) is 12.1. The molecule has 0 saturated carbocycles. The summed E-state index contributed by atoms with van der Waals surface area (Å²) in [5, 5.41) is 2.92. The third kappa shape index (κ3) is 4.95. The molecule has 192 valence electrons. The fourth-order valence-corrected chi connectivity index (χ4v) is 7.10. The first-order valence-electron chi connectivity index (χ1n) is 12.7. The van der Waals surface area contributed by atoms with Gasteiger partial charge in [0.2, 0.25) is 0 Å². The van der Waals surface area contributed by atoms with E-state index in [4.69, 9.17) is 0 Å². The Kier molecular flexibility index (Phi) is 7.54. The van der Waals surface area contributed by atoms with Crippen LogP contribution in [0.4, 0.5) is 11.4 Å². The van der Waals surface area contributed by atoms with Crippen LogP contribution >= 0.6 is 33.9 Å². The van der Waals surface area contributed by atoms with Gasteiger partial charge in [-0.1, -0.05) is 64.1 Å². The number of rotatable bonds is 6. The highest BCUT2D eigenvalue weighted by Gasteiger charge is 2.42.